The minimum absolute atomic E-state index is 0.0513. The first-order valence-electron chi connectivity index (χ1n) is 11.4. The monoisotopic (exact) mass is 548 g/mol. The van der Waals surface area contributed by atoms with E-state index in [1.54, 1.807) is 30.3 Å². The summed E-state index contributed by atoms with van der Waals surface area (Å²) in [7, 11) is 2.14. The van der Waals surface area contributed by atoms with Crippen molar-refractivity contribution >= 4 is 23.4 Å². The molecule has 0 radical (unpaired) electrons. The number of ether oxygens (including phenoxy) is 2. The molecule has 0 unspecified atom stereocenters. The van der Waals surface area contributed by atoms with Gasteiger partial charge in [-0.2, -0.15) is 13.2 Å². The Balaban J connectivity index is 1.75. The van der Waals surface area contributed by atoms with E-state index in [1.165, 1.54) is 49.6 Å². The third-order valence-electron chi connectivity index (χ3n) is 6.47. The fraction of sp³-hybridized carbons (Fsp3) is 0.259. The number of amides is 2. The van der Waals surface area contributed by atoms with E-state index in [2.05, 4.69) is 5.32 Å². The first-order chi connectivity index (χ1) is 18.0. The van der Waals surface area contributed by atoms with Gasteiger partial charge in [-0.25, -0.2) is 4.79 Å². The van der Waals surface area contributed by atoms with Crippen LogP contribution in [0.25, 0.3) is 0 Å². The highest BCUT2D eigenvalue weighted by atomic mass is 35.5. The van der Waals surface area contributed by atoms with Gasteiger partial charge in [-0.3, -0.25) is 9.69 Å². The average molecular weight is 549 g/mol. The first kappa shape index (κ1) is 27.3. The van der Waals surface area contributed by atoms with Gasteiger partial charge in [-0.1, -0.05) is 60.1 Å². The van der Waals surface area contributed by atoms with Crippen molar-refractivity contribution in [3.8, 4) is 11.5 Å². The Morgan fingerprint density at radius 3 is 2.34 bits per heavy atom. The Hall–Kier alpha value is -3.76. The van der Waals surface area contributed by atoms with Gasteiger partial charge in [0.15, 0.2) is 17.3 Å². The van der Waals surface area contributed by atoms with E-state index in [1.807, 2.05) is 0 Å². The number of carbonyl (C=O) groups is 2. The molecule has 1 aliphatic heterocycles. The number of methoxy groups -OCH3 is 1. The van der Waals surface area contributed by atoms with Crippen molar-refractivity contribution in [3.63, 3.8) is 0 Å². The molecule has 4 rings (SSSR count). The van der Waals surface area contributed by atoms with E-state index in [0.717, 1.165) is 12.6 Å². The summed E-state index contributed by atoms with van der Waals surface area (Å²) in [6, 6.07) is 15.7. The molecule has 1 fully saturated rings. The Morgan fingerprint density at radius 1 is 1.08 bits per heavy atom. The third kappa shape index (κ3) is 5.01. The van der Waals surface area contributed by atoms with Crippen LogP contribution < -0.4 is 14.8 Å². The van der Waals surface area contributed by atoms with Crippen LogP contribution in [0, 0.1) is 5.92 Å². The molecule has 0 aromatic heterocycles. The van der Waals surface area contributed by atoms with Gasteiger partial charge < -0.3 is 19.9 Å². The predicted octanol–water partition coefficient (Wildman–Crippen LogP) is 5.37. The number of aliphatic hydroxyl groups is 1. The van der Waals surface area contributed by atoms with Gasteiger partial charge in [0.1, 0.15) is 12.5 Å². The zero-order valence-corrected chi connectivity index (χ0v) is 21.1. The largest absolute Gasteiger partial charge is 0.493 e. The summed E-state index contributed by atoms with van der Waals surface area (Å²) in [6.45, 7) is 0.154. The first-order valence-corrected chi connectivity index (χ1v) is 11.8. The molecule has 0 saturated carbocycles. The molecule has 1 heterocycles. The molecule has 0 aliphatic carbocycles. The zero-order chi connectivity index (χ0) is 27.7. The molecule has 2 amide bonds. The molecule has 3 atom stereocenters. The molecule has 1 aliphatic rings. The summed E-state index contributed by atoms with van der Waals surface area (Å²) in [5, 5.41) is 14.0. The quantitative estimate of drug-likeness (QED) is 0.387. The van der Waals surface area contributed by atoms with Crippen molar-refractivity contribution in [2.24, 2.45) is 5.92 Å². The summed E-state index contributed by atoms with van der Waals surface area (Å²) in [6.07, 6.45) is -5.35. The molecule has 0 bridgehead atoms. The lowest BCUT2D eigenvalue weighted by Gasteiger charge is -2.49. The fourth-order valence-electron chi connectivity index (χ4n) is 4.41. The third-order valence-corrected chi connectivity index (χ3v) is 6.73. The number of benzene rings is 3. The van der Waals surface area contributed by atoms with Crippen LogP contribution in [0.2, 0.25) is 5.02 Å². The Morgan fingerprint density at radius 2 is 1.74 bits per heavy atom. The number of rotatable bonds is 7. The summed E-state index contributed by atoms with van der Waals surface area (Å²) < 4.78 is 54.4. The molecule has 3 aromatic carbocycles. The van der Waals surface area contributed by atoms with Crippen LogP contribution in [0.5, 0.6) is 11.5 Å². The number of Topliss-reactive ketones (excluding diaryl/α,β-unsaturated/α-hetero) is 1. The molecule has 3 aromatic rings. The minimum Gasteiger partial charge on any atom is -0.493 e. The van der Waals surface area contributed by atoms with Crippen LogP contribution in [0.15, 0.2) is 72.8 Å². The number of nitrogens with zero attached hydrogens (tertiary/aromatic N) is 1. The van der Waals surface area contributed by atoms with E-state index in [-0.39, 0.29) is 34.1 Å². The maximum atomic E-state index is 14.4. The maximum Gasteiger partial charge on any atom is 0.437 e. The molecular formula is C27H24ClF3N2O5. The predicted molar refractivity (Wildman–Crippen MR) is 133 cm³/mol. The van der Waals surface area contributed by atoms with Crippen LogP contribution in [0.1, 0.15) is 27.5 Å². The lowest BCUT2D eigenvalue weighted by Crippen LogP contribution is -2.72. The highest BCUT2D eigenvalue weighted by Gasteiger charge is 2.69. The standard InChI is InChI=1S/C27H24ClF3N2O5/c1-33-25(35)32-23(22(26(33,36)27(29,30)31)24(34)17-6-4-3-5-7-17)18-10-13-20(21(14-18)37-2)38-15-16-8-11-19(28)12-9-16/h3-14,22-23,36H,15H2,1-2H3,(H,32,35)/t22-,23-,26+/m1/s1. The number of carbonyl (C=O) groups excluding carboxylic acids is 2. The lowest BCUT2D eigenvalue weighted by molar-refractivity contribution is -0.322. The van der Waals surface area contributed by atoms with Gasteiger partial charge in [0.25, 0.3) is 5.72 Å². The van der Waals surface area contributed by atoms with Crippen LogP contribution in [-0.4, -0.2) is 47.9 Å². The van der Waals surface area contributed by atoms with Crippen molar-refractivity contribution in [3.05, 3.63) is 94.5 Å². The number of urea groups is 1. The normalized spacial score (nSPS) is 21.6. The number of halogens is 4. The van der Waals surface area contributed by atoms with Gasteiger partial charge in [0.2, 0.25) is 0 Å². The second kappa shape index (κ2) is 10.5. The van der Waals surface area contributed by atoms with Crippen molar-refractivity contribution in [1.29, 1.82) is 0 Å². The second-order valence-corrected chi connectivity index (χ2v) is 9.18. The molecule has 38 heavy (non-hydrogen) atoms. The van der Waals surface area contributed by atoms with E-state index >= 15 is 0 Å². The molecule has 2 N–H and O–H groups in total. The Bertz CT molecular complexity index is 1320. The minimum atomic E-state index is -5.35. The molecular weight excluding hydrogens is 525 g/mol. The summed E-state index contributed by atoms with van der Waals surface area (Å²) in [5.74, 6) is -2.70. The van der Waals surface area contributed by atoms with E-state index in [0.29, 0.717) is 5.02 Å². The molecule has 7 nitrogen and oxygen atoms in total. The van der Waals surface area contributed by atoms with E-state index in [4.69, 9.17) is 21.1 Å². The van der Waals surface area contributed by atoms with E-state index < -0.39 is 35.7 Å². The van der Waals surface area contributed by atoms with Crippen molar-refractivity contribution in [1.82, 2.24) is 10.2 Å². The second-order valence-electron chi connectivity index (χ2n) is 8.74. The average Bonchev–Trinajstić information content (AvgIpc) is 2.90. The van der Waals surface area contributed by atoms with Crippen LogP contribution >= 0.6 is 11.6 Å². The van der Waals surface area contributed by atoms with E-state index in [9.17, 15) is 27.9 Å². The number of alkyl halides is 3. The summed E-state index contributed by atoms with van der Waals surface area (Å²) >= 11 is 5.90. The van der Waals surface area contributed by atoms with Crippen molar-refractivity contribution < 1.29 is 37.3 Å². The highest BCUT2D eigenvalue weighted by Crippen LogP contribution is 2.48. The van der Waals surface area contributed by atoms with Crippen LogP contribution in [0.4, 0.5) is 18.0 Å². The lowest BCUT2D eigenvalue weighted by atomic mass is 9.76. The molecule has 11 heteroatoms. The topological polar surface area (TPSA) is 88.1 Å². The van der Waals surface area contributed by atoms with Crippen LogP contribution in [0.3, 0.4) is 0 Å². The van der Waals surface area contributed by atoms with Gasteiger partial charge in [-0.05, 0) is 35.4 Å². The molecule has 200 valence electrons. The zero-order valence-electron chi connectivity index (χ0n) is 20.3. The number of nitrogens with one attached hydrogen (secondary N) is 1. The van der Waals surface area contributed by atoms with Gasteiger partial charge >= 0.3 is 12.2 Å². The van der Waals surface area contributed by atoms with Gasteiger partial charge in [0.05, 0.1) is 13.2 Å². The summed E-state index contributed by atoms with van der Waals surface area (Å²) in [5.41, 5.74) is -2.92. The Kier molecular flexibility index (Phi) is 7.57. The number of ketones is 1. The fourth-order valence-corrected chi connectivity index (χ4v) is 4.53. The van der Waals surface area contributed by atoms with Gasteiger partial charge in [-0.15, -0.1) is 0 Å². The number of hydrogen-bond acceptors (Lipinski definition) is 5. The molecule has 1 saturated heterocycles. The summed E-state index contributed by atoms with van der Waals surface area (Å²) in [4.78, 5) is 26.2. The van der Waals surface area contributed by atoms with Crippen molar-refractivity contribution in [2.75, 3.05) is 14.2 Å². The molecule has 0 spiro atoms. The SMILES string of the molecule is COc1cc([C@H]2NC(=O)N(C)[C@@](O)(C(F)(F)F)[C@H]2C(=O)c2ccccc2)ccc1OCc1ccc(Cl)cc1. The number of hydrogen-bond donors (Lipinski definition) is 2. The van der Waals surface area contributed by atoms with Gasteiger partial charge in [0, 0.05) is 17.6 Å². The Labute approximate surface area is 221 Å². The maximum absolute atomic E-state index is 14.4. The smallest absolute Gasteiger partial charge is 0.437 e. The van der Waals surface area contributed by atoms with Crippen molar-refractivity contribution in [2.45, 2.75) is 24.6 Å². The van der Waals surface area contributed by atoms with Crippen LogP contribution in [-0.2, 0) is 6.61 Å². The highest BCUT2D eigenvalue weighted by molar-refractivity contribution is 6.30.